The standard InChI is InChI=1S/C12H15BrN4O/c1-12(2,3)9(14)10-16-11(18-17-10)7-4-8(13)6-15-5-7/h4-6,9H,14H2,1-3H3. The third kappa shape index (κ3) is 2.76. The molecule has 1 atom stereocenters. The van der Waals surface area contributed by atoms with E-state index in [9.17, 15) is 0 Å². The van der Waals surface area contributed by atoms with E-state index in [0.29, 0.717) is 11.7 Å². The molecule has 0 aliphatic carbocycles. The van der Waals surface area contributed by atoms with Crippen LogP contribution in [-0.4, -0.2) is 15.1 Å². The van der Waals surface area contributed by atoms with Crippen LogP contribution in [0.25, 0.3) is 11.5 Å². The molecule has 0 aliphatic rings. The first-order valence-corrected chi connectivity index (χ1v) is 6.37. The van der Waals surface area contributed by atoms with Crippen molar-refractivity contribution in [1.29, 1.82) is 0 Å². The average Bonchev–Trinajstić information content (AvgIpc) is 2.75. The Morgan fingerprint density at radius 1 is 1.33 bits per heavy atom. The fraction of sp³-hybridized carbons (Fsp3) is 0.417. The second-order valence-corrected chi connectivity index (χ2v) is 6.11. The lowest BCUT2D eigenvalue weighted by Gasteiger charge is -2.23. The van der Waals surface area contributed by atoms with E-state index in [-0.39, 0.29) is 11.5 Å². The van der Waals surface area contributed by atoms with Crippen molar-refractivity contribution >= 4 is 15.9 Å². The molecule has 0 amide bonds. The average molecular weight is 311 g/mol. The van der Waals surface area contributed by atoms with Crippen molar-refractivity contribution in [2.24, 2.45) is 11.1 Å². The van der Waals surface area contributed by atoms with Gasteiger partial charge in [-0.15, -0.1) is 0 Å². The lowest BCUT2D eigenvalue weighted by Crippen LogP contribution is -2.27. The Morgan fingerprint density at radius 2 is 2.06 bits per heavy atom. The van der Waals surface area contributed by atoms with Gasteiger partial charge in [0.15, 0.2) is 5.82 Å². The molecule has 0 fully saturated rings. The van der Waals surface area contributed by atoms with Crippen LogP contribution < -0.4 is 5.73 Å². The van der Waals surface area contributed by atoms with Crippen LogP contribution in [-0.2, 0) is 0 Å². The fourth-order valence-electron chi connectivity index (χ4n) is 1.39. The summed E-state index contributed by atoms with van der Waals surface area (Å²) >= 11 is 3.35. The Hall–Kier alpha value is -1.27. The molecule has 1 unspecified atom stereocenters. The maximum Gasteiger partial charge on any atom is 0.259 e. The van der Waals surface area contributed by atoms with Crippen LogP contribution in [0.2, 0.25) is 0 Å². The predicted molar refractivity (Wildman–Crippen MR) is 71.6 cm³/mol. The maximum absolute atomic E-state index is 6.08. The number of halogens is 1. The highest BCUT2D eigenvalue weighted by molar-refractivity contribution is 9.10. The van der Waals surface area contributed by atoms with Gasteiger partial charge >= 0.3 is 0 Å². The Balaban J connectivity index is 2.31. The number of aromatic nitrogens is 3. The van der Waals surface area contributed by atoms with E-state index in [0.717, 1.165) is 10.0 Å². The minimum Gasteiger partial charge on any atom is -0.334 e. The number of hydrogen-bond donors (Lipinski definition) is 1. The molecule has 0 aromatic carbocycles. The molecular weight excluding hydrogens is 296 g/mol. The molecule has 0 bridgehead atoms. The van der Waals surface area contributed by atoms with E-state index in [1.165, 1.54) is 0 Å². The Labute approximate surface area is 114 Å². The zero-order chi connectivity index (χ0) is 13.3. The van der Waals surface area contributed by atoms with Crippen LogP contribution in [0.5, 0.6) is 0 Å². The predicted octanol–water partition coefficient (Wildman–Crippen LogP) is 2.94. The summed E-state index contributed by atoms with van der Waals surface area (Å²) in [5, 5.41) is 3.93. The summed E-state index contributed by atoms with van der Waals surface area (Å²) in [6.07, 6.45) is 3.37. The summed E-state index contributed by atoms with van der Waals surface area (Å²) in [6.45, 7) is 6.11. The Morgan fingerprint density at radius 3 is 2.67 bits per heavy atom. The van der Waals surface area contributed by atoms with Gasteiger partial charge in [0, 0.05) is 16.9 Å². The molecule has 0 spiro atoms. The number of nitrogens with zero attached hydrogens (tertiary/aromatic N) is 3. The van der Waals surface area contributed by atoms with Crippen LogP contribution in [0.15, 0.2) is 27.5 Å². The summed E-state index contributed by atoms with van der Waals surface area (Å²) in [7, 11) is 0. The van der Waals surface area contributed by atoms with Crippen molar-refractivity contribution in [3.63, 3.8) is 0 Å². The molecule has 2 heterocycles. The highest BCUT2D eigenvalue weighted by atomic mass is 79.9. The minimum atomic E-state index is -0.268. The second kappa shape index (κ2) is 4.78. The quantitative estimate of drug-likeness (QED) is 0.922. The normalized spacial score (nSPS) is 13.6. The van der Waals surface area contributed by atoms with Gasteiger partial charge in [-0.25, -0.2) is 0 Å². The van der Waals surface area contributed by atoms with Crippen molar-refractivity contribution in [3.05, 3.63) is 28.8 Å². The smallest absolute Gasteiger partial charge is 0.259 e. The molecule has 0 radical (unpaired) electrons. The molecule has 2 aromatic heterocycles. The van der Waals surface area contributed by atoms with Gasteiger partial charge in [-0.2, -0.15) is 4.98 Å². The van der Waals surface area contributed by atoms with E-state index in [2.05, 4.69) is 31.1 Å². The van der Waals surface area contributed by atoms with Crippen molar-refractivity contribution < 1.29 is 4.52 Å². The molecule has 0 saturated carbocycles. The third-order valence-electron chi connectivity index (χ3n) is 2.60. The van der Waals surface area contributed by atoms with E-state index in [1.807, 2.05) is 26.8 Å². The number of hydrogen-bond acceptors (Lipinski definition) is 5. The summed E-state index contributed by atoms with van der Waals surface area (Å²) in [6, 6.07) is 1.60. The SMILES string of the molecule is CC(C)(C)C(N)c1noc(-c2cncc(Br)c2)n1. The molecular formula is C12H15BrN4O. The lowest BCUT2D eigenvalue weighted by molar-refractivity contribution is 0.303. The van der Waals surface area contributed by atoms with Crippen LogP contribution in [0.3, 0.4) is 0 Å². The number of rotatable bonds is 2. The summed E-state index contributed by atoms with van der Waals surface area (Å²) in [5.41, 5.74) is 6.74. The van der Waals surface area contributed by atoms with Gasteiger partial charge in [-0.05, 0) is 27.4 Å². The van der Waals surface area contributed by atoms with Gasteiger partial charge in [0.1, 0.15) is 0 Å². The number of nitrogens with two attached hydrogens (primary N) is 1. The van der Waals surface area contributed by atoms with E-state index >= 15 is 0 Å². The molecule has 96 valence electrons. The van der Waals surface area contributed by atoms with Gasteiger partial charge in [0.2, 0.25) is 0 Å². The molecule has 2 rings (SSSR count). The zero-order valence-electron chi connectivity index (χ0n) is 10.5. The van der Waals surface area contributed by atoms with Crippen LogP contribution in [0.4, 0.5) is 0 Å². The lowest BCUT2D eigenvalue weighted by atomic mass is 9.87. The van der Waals surface area contributed by atoms with Gasteiger partial charge in [0.05, 0.1) is 11.6 Å². The first kappa shape index (κ1) is 13.2. The summed E-state index contributed by atoms with van der Waals surface area (Å²) in [5.74, 6) is 0.941. The third-order valence-corrected chi connectivity index (χ3v) is 3.04. The van der Waals surface area contributed by atoms with Crippen molar-refractivity contribution in [2.45, 2.75) is 26.8 Å². The van der Waals surface area contributed by atoms with Crippen LogP contribution >= 0.6 is 15.9 Å². The van der Waals surface area contributed by atoms with E-state index < -0.39 is 0 Å². The Kier molecular flexibility index (Phi) is 3.49. The molecule has 5 nitrogen and oxygen atoms in total. The highest BCUT2D eigenvalue weighted by Crippen LogP contribution is 2.30. The van der Waals surface area contributed by atoms with E-state index in [4.69, 9.17) is 10.3 Å². The fourth-order valence-corrected chi connectivity index (χ4v) is 1.76. The monoisotopic (exact) mass is 310 g/mol. The Bertz CT molecular complexity index is 547. The number of pyridine rings is 1. The zero-order valence-corrected chi connectivity index (χ0v) is 12.1. The molecule has 0 saturated heterocycles. The first-order valence-electron chi connectivity index (χ1n) is 5.58. The molecule has 18 heavy (non-hydrogen) atoms. The van der Waals surface area contributed by atoms with Gasteiger partial charge in [-0.1, -0.05) is 25.9 Å². The molecule has 6 heteroatoms. The topological polar surface area (TPSA) is 77.8 Å². The van der Waals surface area contributed by atoms with Crippen LogP contribution in [0.1, 0.15) is 32.6 Å². The summed E-state index contributed by atoms with van der Waals surface area (Å²) in [4.78, 5) is 8.38. The van der Waals surface area contributed by atoms with Gasteiger partial charge < -0.3 is 10.3 Å². The van der Waals surface area contributed by atoms with Crippen molar-refractivity contribution in [1.82, 2.24) is 15.1 Å². The summed E-state index contributed by atoms with van der Waals surface area (Å²) < 4.78 is 6.08. The largest absolute Gasteiger partial charge is 0.334 e. The van der Waals surface area contributed by atoms with E-state index in [1.54, 1.807) is 12.4 Å². The van der Waals surface area contributed by atoms with Gasteiger partial charge in [0.25, 0.3) is 5.89 Å². The van der Waals surface area contributed by atoms with Crippen LogP contribution in [0, 0.1) is 5.41 Å². The first-order chi connectivity index (χ1) is 8.38. The maximum atomic E-state index is 6.08. The van der Waals surface area contributed by atoms with Crippen molar-refractivity contribution in [2.75, 3.05) is 0 Å². The van der Waals surface area contributed by atoms with Crippen molar-refractivity contribution in [3.8, 4) is 11.5 Å². The molecule has 2 aromatic rings. The second-order valence-electron chi connectivity index (χ2n) is 5.19. The minimum absolute atomic E-state index is 0.114. The highest BCUT2D eigenvalue weighted by Gasteiger charge is 2.27. The molecule has 0 aliphatic heterocycles. The molecule has 2 N–H and O–H groups in total. The van der Waals surface area contributed by atoms with Gasteiger partial charge in [-0.3, -0.25) is 4.98 Å².